The number of hydrogen-bond acceptors (Lipinski definition) is 3. The van der Waals surface area contributed by atoms with E-state index in [2.05, 4.69) is 49.0 Å². The van der Waals surface area contributed by atoms with Crippen LogP contribution in [0.1, 0.15) is 46.0 Å². The maximum atomic E-state index is 6.00. The van der Waals surface area contributed by atoms with Crippen molar-refractivity contribution in [2.75, 3.05) is 13.6 Å². The van der Waals surface area contributed by atoms with Crippen LogP contribution in [-0.4, -0.2) is 34.2 Å². The molecule has 0 spiro atoms. The monoisotopic (exact) mass is 238 g/mol. The number of aromatic amines is 1. The highest BCUT2D eigenvalue weighted by molar-refractivity contribution is 5.16. The third kappa shape index (κ3) is 4.88. The summed E-state index contributed by atoms with van der Waals surface area (Å²) >= 11 is 0. The first-order valence-electron chi connectivity index (χ1n) is 6.10. The molecule has 1 rings (SSSR count). The average molecular weight is 238 g/mol. The lowest BCUT2D eigenvalue weighted by molar-refractivity contribution is 0.260. The minimum atomic E-state index is -0.165. The van der Waals surface area contributed by atoms with E-state index >= 15 is 0 Å². The number of likely N-dealkylation sites (N-methyl/N-ethyl adjacent to an activating group) is 1. The van der Waals surface area contributed by atoms with Crippen LogP contribution >= 0.6 is 0 Å². The van der Waals surface area contributed by atoms with Gasteiger partial charge in [0.05, 0.1) is 5.69 Å². The molecule has 0 saturated carbocycles. The number of nitrogens with two attached hydrogens (primary N) is 1. The Morgan fingerprint density at radius 3 is 2.29 bits per heavy atom. The standard InChI is InChI=1S/C13H26N4/c1-12(2,3)11-7-10(15-16-11)8-17(6)9-13(4,5)14/h7H,8-9,14H2,1-6H3,(H,15,16). The van der Waals surface area contributed by atoms with Crippen molar-refractivity contribution >= 4 is 0 Å². The van der Waals surface area contributed by atoms with Gasteiger partial charge in [0.25, 0.3) is 0 Å². The van der Waals surface area contributed by atoms with Crippen molar-refractivity contribution in [2.24, 2.45) is 5.73 Å². The van der Waals surface area contributed by atoms with Crippen molar-refractivity contribution in [1.29, 1.82) is 0 Å². The zero-order valence-electron chi connectivity index (χ0n) is 12.0. The Morgan fingerprint density at radius 1 is 1.29 bits per heavy atom. The molecule has 0 amide bonds. The van der Waals surface area contributed by atoms with E-state index in [-0.39, 0.29) is 11.0 Å². The molecule has 0 saturated heterocycles. The smallest absolute Gasteiger partial charge is 0.0678 e. The molecule has 4 nitrogen and oxygen atoms in total. The predicted molar refractivity (Wildman–Crippen MR) is 71.9 cm³/mol. The minimum absolute atomic E-state index is 0.0977. The zero-order valence-corrected chi connectivity index (χ0v) is 12.0. The van der Waals surface area contributed by atoms with Gasteiger partial charge in [0, 0.05) is 29.7 Å². The molecule has 0 fully saturated rings. The molecule has 0 bridgehead atoms. The Morgan fingerprint density at radius 2 is 1.88 bits per heavy atom. The van der Waals surface area contributed by atoms with E-state index in [0.717, 1.165) is 24.5 Å². The van der Waals surface area contributed by atoms with E-state index in [1.807, 2.05) is 13.8 Å². The van der Waals surface area contributed by atoms with Gasteiger partial charge >= 0.3 is 0 Å². The van der Waals surface area contributed by atoms with Crippen molar-refractivity contribution in [3.8, 4) is 0 Å². The van der Waals surface area contributed by atoms with Crippen molar-refractivity contribution in [2.45, 2.75) is 52.1 Å². The van der Waals surface area contributed by atoms with Gasteiger partial charge in [-0.3, -0.25) is 10.00 Å². The summed E-state index contributed by atoms with van der Waals surface area (Å²) in [7, 11) is 2.08. The van der Waals surface area contributed by atoms with Gasteiger partial charge in [-0.25, -0.2) is 0 Å². The number of nitrogens with zero attached hydrogens (tertiary/aromatic N) is 2. The topological polar surface area (TPSA) is 57.9 Å². The van der Waals surface area contributed by atoms with Crippen molar-refractivity contribution in [3.63, 3.8) is 0 Å². The van der Waals surface area contributed by atoms with Gasteiger partial charge in [-0.15, -0.1) is 0 Å². The number of hydrogen-bond donors (Lipinski definition) is 2. The fourth-order valence-electron chi connectivity index (χ4n) is 1.87. The quantitative estimate of drug-likeness (QED) is 0.842. The second-order valence-electron chi connectivity index (χ2n) is 6.69. The second kappa shape index (κ2) is 4.78. The lowest BCUT2D eigenvalue weighted by atomic mass is 9.92. The van der Waals surface area contributed by atoms with Crippen LogP contribution in [0, 0.1) is 0 Å². The van der Waals surface area contributed by atoms with E-state index in [9.17, 15) is 0 Å². The van der Waals surface area contributed by atoms with Crippen LogP contribution in [0.25, 0.3) is 0 Å². The van der Waals surface area contributed by atoms with Gasteiger partial charge in [-0.05, 0) is 27.0 Å². The van der Waals surface area contributed by atoms with Gasteiger partial charge in [-0.1, -0.05) is 20.8 Å². The molecule has 0 unspecified atom stereocenters. The number of nitrogens with one attached hydrogen (secondary N) is 1. The van der Waals surface area contributed by atoms with Gasteiger partial charge in [-0.2, -0.15) is 5.10 Å². The molecular weight excluding hydrogens is 212 g/mol. The van der Waals surface area contributed by atoms with Crippen LogP contribution in [-0.2, 0) is 12.0 Å². The Bertz CT molecular complexity index is 354. The molecule has 0 radical (unpaired) electrons. The number of rotatable bonds is 4. The number of H-pyrrole nitrogens is 1. The van der Waals surface area contributed by atoms with E-state index in [4.69, 9.17) is 5.73 Å². The fourth-order valence-corrected chi connectivity index (χ4v) is 1.87. The summed E-state index contributed by atoms with van der Waals surface area (Å²) in [4.78, 5) is 2.21. The normalized spacial score (nSPS) is 13.4. The maximum absolute atomic E-state index is 6.00. The molecule has 1 heterocycles. The molecule has 0 aliphatic heterocycles. The first-order chi connectivity index (χ1) is 7.58. The lowest BCUT2D eigenvalue weighted by Gasteiger charge is -2.25. The summed E-state index contributed by atoms with van der Waals surface area (Å²) in [5, 5.41) is 7.45. The molecular formula is C13H26N4. The summed E-state index contributed by atoms with van der Waals surface area (Å²) in [6, 6.07) is 2.14. The van der Waals surface area contributed by atoms with Crippen LogP contribution in [0.5, 0.6) is 0 Å². The predicted octanol–water partition coefficient (Wildman–Crippen LogP) is 1.88. The van der Waals surface area contributed by atoms with Gasteiger partial charge in [0.1, 0.15) is 0 Å². The highest BCUT2D eigenvalue weighted by Crippen LogP contribution is 2.20. The fraction of sp³-hybridized carbons (Fsp3) is 0.769. The Kier molecular flexibility index (Phi) is 3.99. The Labute approximate surface area is 105 Å². The molecule has 0 aliphatic carbocycles. The van der Waals surface area contributed by atoms with Gasteiger partial charge in [0.2, 0.25) is 0 Å². The molecule has 3 N–H and O–H groups in total. The zero-order chi connectivity index (χ0) is 13.3. The summed E-state index contributed by atoms with van der Waals surface area (Å²) in [6.45, 7) is 12.3. The maximum Gasteiger partial charge on any atom is 0.0678 e. The summed E-state index contributed by atoms with van der Waals surface area (Å²) in [5.74, 6) is 0. The molecule has 17 heavy (non-hydrogen) atoms. The third-order valence-electron chi connectivity index (χ3n) is 2.52. The average Bonchev–Trinajstić information content (AvgIpc) is 2.47. The summed E-state index contributed by atoms with van der Waals surface area (Å²) in [6.07, 6.45) is 0. The largest absolute Gasteiger partial charge is 0.324 e. The number of aromatic nitrogens is 2. The Hall–Kier alpha value is -0.870. The van der Waals surface area contributed by atoms with Gasteiger partial charge < -0.3 is 5.73 Å². The van der Waals surface area contributed by atoms with Crippen molar-refractivity contribution < 1.29 is 0 Å². The molecule has 0 atom stereocenters. The van der Waals surface area contributed by atoms with E-state index < -0.39 is 0 Å². The first kappa shape index (κ1) is 14.2. The first-order valence-corrected chi connectivity index (χ1v) is 6.10. The highest BCUT2D eigenvalue weighted by atomic mass is 15.2. The SMILES string of the molecule is CN(Cc1cc(C(C)(C)C)n[nH]1)CC(C)(C)N. The van der Waals surface area contributed by atoms with Crippen LogP contribution < -0.4 is 5.73 Å². The molecule has 1 aromatic rings. The second-order valence-corrected chi connectivity index (χ2v) is 6.69. The molecule has 4 heteroatoms. The Balaban J connectivity index is 2.61. The molecule has 0 aromatic carbocycles. The summed E-state index contributed by atoms with van der Waals surface area (Å²) < 4.78 is 0. The van der Waals surface area contributed by atoms with Crippen LogP contribution in [0.2, 0.25) is 0 Å². The third-order valence-corrected chi connectivity index (χ3v) is 2.52. The van der Waals surface area contributed by atoms with Crippen molar-refractivity contribution in [1.82, 2.24) is 15.1 Å². The van der Waals surface area contributed by atoms with Gasteiger partial charge in [0.15, 0.2) is 0 Å². The summed E-state index contributed by atoms with van der Waals surface area (Å²) in [5.41, 5.74) is 8.17. The lowest BCUT2D eigenvalue weighted by Crippen LogP contribution is -2.43. The molecule has 98 valence electrons. The van der Waals surface area contributed by atoms with Crippen LogP contribution in [0.15, 0.2) is 6.07 Å². The highest BCUT2D eigenvalue weighted by Gasteiger charge is 2.19. The minimum Gasteiger partial charge on any atom is -0.324 e. The van der Waals surface area contributed by atoms with E-state index in [1.165, 1.54) is 0 Å². The van der Waals surface area contributed by atoms with E-state index in [0.29, 0.717) is 0 Å². The van der Waals surface area contributed by atoms with E-state index in [1.54, 1.807) is 0 Å². The van der Waals surface area contributed by atoms with Crippen LogP contribution in [0.3, 0.4) is 0 Å². The molecule has 1 aromatic heterocycles. The van der Waals surface area contributed by atoms with Crippen molar-refractivity contribution in [3.05, 3.63) is 17.5 Å². The molecule has 0 aliphatic rings. The van der Waals surface area contributed by atoms with Crippen LogP contribution in [0.4, 0.5) is 0 Å².